The number of aliphatic hydroxyl groups is 1. The monoisotopic (exact) mass is 222 g/mol. The van der Waals surface area contributed by atoms with Crippen LogP contribution in [-0.4, -0.2) is 16.1 Å². The SMILES string of the molecule is CCC(N)C(O)c1ccc2[nH]c(=O)oc2c1. The molecule has 0 aliphatic heterocycles. The molecular formula is C11H14N2O3. The van der Waals surface area contributed by atoms with Gasteiger partial charge in [0.2, 0.25) is 0 Å². The molecule has 0 spiro atoms. The predicted molar refractivity (Wildman–Crippen MR) is 60.1 cm³/mol. The van der Waals surface area contributed by atoms with E-state index in [4.69, 9.17) is 10.2 Å². The van der Waals surface area contributed by atoms with Crippen LogP contribution in [0.15, 0.2) is 27.4 Å². The first-order valence-corrected chi connectivity index (χ1v) is 5.18. The van der Waals surface area contributed by atoms with Gasteiger partial charge in [0.1, 0.15) is 0 Å². The van der Waals surface area contributed by atoms with Gasteiger partial charge in [-0.1, -0.05) is 13.0 Å². The van der Waals surface area contributed by atoms with Crippen molar-refractivity contribution in [2.45, 2.75) is 25.5 Å². The van der Waals surface area contributed by atoms with Gasteiger partial charge < -0.3 is 15.3 Å². The van der Waals surface area contributed by atoms with E-state index in [1.165, 1.54) is 0 Å². The van der Waals surface area contributed by atoms with Gasteiger partial charge in [0.05, 0.1) is 11.6 Å². The number of benzene rings is 1. The van der Waals surface area contributed by atoms with E-state index in [2.05, 4.69) is 4.98 Å². The van der Waals surface area contributed by atoms with Crippen molar-refractivity contribution in [1.82, 2.24) is 4.98 Å². The zero-order valence-electron chi connectivity index (χ0n) is 8.93. The van der Waals surface area contributed by atoms with Gasteiger partial charge in [-0.2, -0.15) is 0 Å². The lowest BCUT2D eigenvalue weighted by Crippen LogP contribution is -2.27. The molecular weight excluding hydrogens is 208 g/mol. The van der Waals surface area contributed by atoms with Crippen LogP contribution in [0.2, 0.25) is 0 Å². The highest BCUT2D eigenvalue weighted by molar-refractivity contribution is 5.72. The largest absolute Gasteiger partial charge is 0.417 e. The Morgan fingerprint density at radius 1 is 1.56 bits per heavy atom. The van der Waals surface area contributed by atoms with Crippen LogP contribution in [-0.2, 0) is 0 Å². The van der Waals surface area contributed by atoms with E-state index in [1.54, 1.807) is 18.2 Å². The number of hydrogen-bond donors (Lipinski definition) is 3. The smallest absolute Gasteiger partial charge is 0.408 e. The number of oxazole rings is 1. The van der Waals surface area contributed by atoms with Crippen molar-refractivity contribution in [2.24, 2.45) is 5.73 Å². The molecule has 0 aliphatic rings. The van der Waals surface area contributed by atoms with Gasteiger partial charge in [-0.05, 0) is 24.1 Å². The summed E-state index contributed by atoms with van der Waals surface area (Å²) in [5.74, 6) is -0.499. The Hall–Kier alpha value is -1.59. The van der Waals surface area contributed by atoms with Crippen molar-refractivity contribution < 1.29 is 9.52 Å². The Morgan fingerprint density at radius 3 is 3.00 bits per heavy atom. The summed E-state index contributed by atoms with van der Waals surface area (Å²) in [6, 6.07) is 4.74. The first kappa shape index (κ1) is 10.9. The number of hydrogen-bond acceptors (Lipinski definition) is 4. The third-order valence-corrected chi connectivity index (χ3v) is 2.66. The molecule has 0 amide bonds. The molecule has 4 N–H and O–H groups in total. The third-order valence-electron chi connectivity index (χ3n) is 2.66. The zero-order chi connectivity index (χ0) is 11.7. The van der Waals surface area contributed by atoms with Crippen LogP contribution >= 0.6 is 0 Å². The molecule has 1 heterocycles. The number of aliphatic hydroxyl groups excluding tert-OH is 1. The normalized spacial score (nSPS) is 15.2. The molecule has 0 bridgehead atoms. The molecule has 5 nitrogen and oxygen atoms in total. The quantitative estimate of drug-likeness (QED) is 0.719. The Morgan fingerprint density at radius 2 is 2.31 bits per heavy atom. The van der Waals surface area contributed by atoms with Gasteiger partial charge in [-0.3, -0.25) is 4.98 Å². The fraction of sp³-hybridized carbons (Fsp3) is 0.364. The van der Waals surface area contributed by atoms with Gasteiger partial charge in [-0.25, -0.2) is 4.79 Å². The number of nitrogens with one attached hydrogen (secondary N) is 1. The molecule has 0 aliphatic carbocycles. The van der Waals surface area contributed by atoms with Crippen molar-refractivity contribution >= 4 is 11.1 Å². The highest BCUT2D eigenvalue weighted by Crippen LogP contribution is 2.21. The molecule has 5 heteroatoms. The summed E-state index contributed by atoms with van der Waals surface area (Å²) in [6.45, 7) is 1.91. The summed E-state index contributed by atoms with van der Waals surface area (Å²) in [5.41, 5.74) is 7.46. The number of aromatic amines is 1. The maximum absolute atomic E-state index is 11.0. The van der Waals surface area contributed by atoms with Crippen molar-refractivity contribution in [3.05, 3.63) is 34.3 Å². The van der Waals surface area contributed by atoms with Crippen molar-refractivity contribution in [2.75, 3.05) is 0 Å². The molecule has 2 unspecified atom stereocenters. The minimum atomic E-state index is -0.741. The van der Waals surface area contributed by atoms with Crippen molar-refractivity contribution in [1.29, 1.82) is 0 Å². The average molecular weight is 222 g/mol. The maximum Gasteiger partial charge on any atom is 0.417 e. The van der Waals surface area contributed by atoms with Gasteiger partial charge in [0, 0.05) is 6.04 Å². The van der Waals surface area contributed by atoms with E-state index in [0.717, 1.165) is 0 Å². The number of rotatable bonds is 3. The molecule has 86 valence electrons. The average Bonchev–Trinajstić information content (AvgIpc) is 2.65. The second-order valence-electron chi connectivity index (χ2n) is 3.79. The minimum Gasteiger partial charge on any atom is -0.408 e. The lowest BCUT2D eigenvalue weighted by atomic mass is 10.0. The summed E-state index contributed by atoms with van der Waals surface area (Å²) in [7, 11) is 0. The fourth-order valence-electron chi connectivity index (χ4n) is 1.62. The van der Waals surface area contributed by atoms with Crippen LogP contribution in [0.25, 0.3) is 11.1 Å². The van der Waals surface area contributed by atoms with E-state index in [9.17, 15) is 9.90 Å². The topological polar surface area (TPSA) is 92.2 Å². The summed E-state index contributed by atoms with van der Waals surface area (Å²) in [5, 5.41) is 9.90. The van der Waals surface area contributed by atoms with Crippen molar-refractivity contribution in [3.63, 3.8) is 0 Å². The summed E-state index contributed by atoms with van der Waals surface area (Å²) in [4.78, 5) is 13.5. The lowest BCUT2D eigenvalue weighted by molar-refractivity contribution is 0.144. The highest BCUT2D eigenvalue weighted by Gasteiger charge is 2.16. The van der Waals surface area contributed by atoms with Crippen LogP contribution in [0.1, 0.15) is 25.0 Å². The molecule has 0 radical (unpaired) electrons. The fourth-order valence-corrected chi connectivity index (χ4v) is 1.62. The molecule has 0 fully saturated rings. The Kier molecular flexibility index (Phi) is 2.80. The van der Waals surface area contributed by atoms with Crippen LogP contribution < -0.4 is 11.5 Å². The molecule has 16 heavy (non-hydrogen) atoms. The number of nitrogens with two attached hydrogens (primary N) is 1. The number of aromatic nitrogens is 1. The molecule has 0 saturated heterocycles. The van der Waals surface area contributed by atoms with Crippen LogP contribution in [0, 0.1) is 0 Å². The second-order valence-corrected chi connectivity index (χ2v) is 3.79. The van der Waals surface area contributed by atoms with Crippen LogP contribution in [0.5, 0.6) is 0 Å². The first-order chi connectivity index (χ1) is 7.61. The third kappa shape index (κ3) is 1.87. The Balaban J connectivity index is 2.42. The summed E-state index contributed by atoms with van der Waals surface area (Å²) >= 11 is 0. The Labute approximate surface area is 91.9 Å². The zero-order valence-corrected chi connectivity index (χ0v) is 8.93. The highest BCUT2D eigenvalue weighted by atomic mass is 16.4. The van der Waals surface area contributed by atoms with Gasteiger partial charge >= 0.3 is 5.76 Å². The van der Waals surface area contributed by atoms with Crippen LogP contribution in [0.4, 0.5) is 0 Å². The first-order valence-electron chi connectivity index (χ1n) is 5.18. The predicted octanol–water partition coefficient (Wildman–Crippen LogP) is 0.892. The van der Waals surface area contributed by atoms with E-state index in [1.807, 2.05) is 6.92 Å². The van der Waals surface area contributed by atoms with Gasteiger partial charge in [-0.15, -0.1) is 0 Å². The summed E-state index contributed by atoms with van der Waals surface area (Å²) in [6.07, 6.45) is -0.0642. The molecule has 2 atom stereocenters. The number of H-pyrrole nitrogens is 1. The van der Waals surface area contributed by atoms with Crippen molar-refractivity contribution in [3.8, 4) is 0 Å². The molecule has 2 rings (SSSR count). The molecule has 1 aromatic heterocycles. The van der Waals surface area contributed by atoms with E-state index in [0.29, 0.717) is 23.1 Å². The van der Waals surface area contributed by atoms with Gasteiger partial charge in [0.25, 0.3) is 0 Å². The standard InChI is InChI=1S/C11H14N2O3/c1-2-7(12)10(14)6-3-4-8-9(5-6)16-11(15)13-8/h3-5,7,10,14H,2,12H2,1H3,(H,13,15). The van der Waals surface area contributed by atoms with E-state index >= 15 is 0 Å². The van der Waals surface area contributed by atoms with E-state index in [-0.39, 0.29) is 6.04 Å². The van der Waals surface area contributed by atoms with Gasteiger partial charge in [0.15, 0.2) is 5.58 Å². The lowest BCUT2D eigenvalue weighted by Gasteiger charge is -2.17. The molecule has 0 saturated carbocycles. The molecule has 2 aromatic rings. The second kappa shape index (κ2) is 4.11. The summed E-state index contributed by atoms with van der Waals surface area (Å²) < 4.78 is 4.91. The number of fused-ring (bicyclic) bond motifs is 1. The Bertz CT molecular complexity index is 543. The maximum atomic E-state index is 11.0. The van der Waals surface area contributed by atoms with Crippen LogP contribution in [0.3, 0.4) is 0 Å². The molecule has 1 aromatic carbocycles. The van der Waals surface area contributed by atoms with E-state index < -0.39 is 11.9 Å². The minimum absolute atomic E-state index is 0.317.